The third-order valence-electron chi connectivity index (χ3n) is 4.95. The van der Waals surface area contributed by atoms with E-state index >= 15 is 0 Å². The van der Waals surface area contributed by atoms with Crippen molar-refractivity contribution in [1.82, 2.24) is 10.2 Å². The molecular formula is C19H26N2O3S. The number of hydrogen-bond donors (Lipinski definition) is 1. The van der Waals surface area contributed by atoms with Crippen LogP contribution in [0.1, 0.15) is 60.7 Å². The summed E-state index contributed by atoms with van der Waals surface area (Å²) < 4.78 is 0. The van der Waals surface area contributed by atoms with Crippen molar-refractivity contribution in [3.05, 3.63) is 21.9 Å². The van der Waals surface area contributed by atoms with Crippen LogP contribution in [0.5, 0.6) is 0 Å². The average molecular weight is 362 g/mol. The number of likely N-dealkylation sites (tertiary alicyclic amines) is 1. The van der Waals surface area contributed by atoms with Crippen molar-refractivity contribution in [2.45, 2.75) is 57.9 Å². The number of amides is 2. The number of piperidine rings is 1. The molecule has 0 bridgehead atoms. The molecule has 1 aromatic heterocycles. The zero-order valence-corrected chi connectivity index (χ0v) is 15.6. The molecule has 6 heteroatoms. The Morgan fingerprint density at radius 1 is 1.28 bits per heavy atom. The van der Waals surface area contributed by atoms with Crippen LogP contribution in [0.25, 0.3) is 0 Å². The van der Waals surface area contributed by atoms with Gasteiger partial charge in [-0.3, -0.25) is 14.4 Å². The summed E-state index contributed by atoms with van der Waals surface area (Å²) in [6.07, 6.45) is 6.11. The Morgan fingerprint density at radius 3 is 2.76 bits per heavy atom. The van der Waals surface area contributed by atoms with Crippen LogP contribution in [0, 0.1) is 5.92 Å². The summed E-state index contributed by atoms with van der Waals surface area (Å²) in [4.78, 5) is 38.4. The molecule has 5 nitrogen and oxygen atoms in total. The summed E-state index contributed by atoms with van der Waals surface area (Å²) >= 11 is 1.40. The lowest BCUT2D eigenvalue weighted by atomic mass is 9.93. The van der Waals surface area contributed by atoms with Crippen molar-refractivity contribution in [2.24, 2.45) is 5.92 Å². The summed E-state index contributed by atoms with van der Waals surface area (Å²) in [5, 5.41) is 4.93. The first-order valence-electron chi connectivity index (χ1n) is 9.16. The fourth-order valence-electron chi connectivity index (χ4n) is 3.33. The number of nitrogens with zero attached hydrogens (tertiary/aromatic N) is 1. The molecule has 25 heavy (non-hydrogen) atoms. The van der Waals surface area contributed by atoms with Crippen LogP contribution in [-0.2, 0) is 16.0 Å². The van der Waals surface area contributed by atoms with Gasteiger partial charge in [0.15, 0.2) is 5.78 Å². The first-order chi connectivity index (χ1) is 12.0. The van der Waals surface area contributed by atoms with Crippen LogP contribution >= 0.6 is 11.3 Å². The standard InChI is InChI=1S/C19H26N2O3S/c1-13(22)17-9-15(12-25-17)10-19(24)21-8-2-3-14(11-21)4-7-18(23)20-16-5-6-16/h9,12,14,16H,2-8,10-11H2,1H3,(H,20,23). The number of carbonyl (C=O) groups excluding carboxylic acids is 3. The molecule has 136 valence electrons. The average Bonchev–Trinajstić information content (AvgIpc) is 3.27. The molecule has 1 unspecified atom stereocenters. The van der Waals surface area contributed by atoms with Crippen molar-refractivity contribution < 1.29 is 14.4 Å². The highest BCUT2D eigenvalue weighted by atomic mass is 32.1. The molecule has 0 radical (unpaired) electrons. The Morgan fingerprint density at radius 2 is 2.08 bits per heavy atom. The Kier molecular flexibility index (Phi) is 5.89. The Labute approximate surface area is 152 Å². The molecule has 0 spiro atoms. The van der Waals surface area contributed by atoms with Gasteiger partial charge in [0, 0.05) is 25.6 Å². The second-order valence-corrected chi connectivity index (χ2v) is 8.19. The van der Waals surface area contributed by atoms with Gasteiger partial charge in [0.2, 0.25) is 11.8 Å². The monoisotopic (exact) mass is 362 g/mol. The summed E-state index contributed by atoms with van der Waals surface area (Å²) in [5.41, 5.74) is 0.922. The largest absolute Gasteiger partial charge is 0.353 e. The first kappa shape index (κ1) is 18.1. The van der Waals surface area contributed by atoms with E-state index in [0.29, 0.717) is 29.7 Å². The van der Waals surface area contributed by atoms with E-state index < -0.39 is 0 Å². The minimum atomic E-state index is 0.0474. The van der Waals surface area contributed by atoms with Gasteiger partial charge in [-0.1, -0.05) is 0 Å². The second-order valence-electron chi connectivity index (χ2n) is 7.28. The number of ketones is 1. The van der Waals surface area contributed by atoms with Gasteiger partial charge in [0.1, 0.15) is 0 Å². The van der Waals surface area contributed by atoms with Gasteiger partial charge in [0.25, 0.3) is 0 Å². The maximum Gasteiger partial charge on any atom is 0.227 e. The quantitative estimate of drug-likeness (QED) is 0.759. The topological polar surface area (TPSA) is 66.5 Å². The minimum Gasteiger partial charge on any atom is -0.353 e. The van der Waals surface area contributed by atoms with Crippen molar-refractivity contribution in [3.63, 3.8) is 0 Å². The van der Waals surface area contributed by atoms with Gasteiger partial charge < -0.3 is 10.2 Å². The highest BCUT2D eigenvalue weighted by molar-refractivity contribution is 7.12. The zero-order chi connectivity index (χ0) is 17.8. The second kappa shape index (κ2) is 8.13. The number of rotatable bonds is 7. The molecule has 1 atom stereocenters. The smallest absolute Gasteiger partial charge is 0.227 e. The molecule has 1 N–H and O–H groups in total. The fourth-order valence-corrected chi connectivity index (χ4v) is 4.14. The number of hydrogen-bond acceptors (Lipinski definition) is 4. The molecule has 2 aliphatic rings. The summed E-state index contributed by atoms with van der Waals surface area (Å²) in [5.74, 6) is 0.741. The molecule has 1 saturated heterocycles. The van der Waals surface area contributed by atoms with E-state index in [1.807, 2.05) is 16.3 Å². The van der Waals surface area contributed by atoms with Gasteiger partial charge >= 0.3 is 0 Å². The highest BCUT2D eigenvalue weighted by Gasteiger charge is 2.26. The van der Waals surface area contributed by atoms with E-state index in [1.54, 1.807) is 6.92 Å². The summed E-state index contributed by atoms with van der Waals surface area (Å²) in [7, 11) is 0. The Balaban J connectivity index is 1.45. The lowest BCUT2D eigenvalue weighted by Gasteiger charge is -2.32. The molecule has 3 rings (SSSR count). The van der Waals surface area contributed by atoms with Crippen LogP contribution in [0.2, 0.25) is 0 Å². The van der Waals surface area contributed by atoms with E-state index in [9.17, 15) is 14.4 Å². The molecule has 1 aliphatic heterocycles. The molecule has 2 amide bonds. The SMILES string of the molecule is CC(=O)c1cc(CC(=O)N2CCCC(CCC(=O)NC3CC3)C2)cs1. The third-order valence-corrected chi connectivity index (χ3v) is 6.03. The van der Waals surface area contributed by atoms with Crippen molar-refractivity contribution in [1.29, 1.82) is 0 Å². The predicted octanol–water partition coefficient (Wildman–Crippen LogP) is 2.79. The van der Waals surface area contributed by atoms with Crippen LogP contribution in [-0.4, -0.2) is 41.6 Å². The molecule has 2 fully saturated rings. The first-order valence-corrected chi connectivity index (χ1v) is 10.0. The van der Waals surface area contributed by atoms with Crippen molar-refractivity contribution in [2.75, 3.05) is 13.1 Å². The van der Waals surface area contributed by atoms with E-state index in [0.717, 1.165) is 50.8 Å². The molecular weight excluding hydrogens is 336 g/mol. The number of nitrogens with one attached hydrogen (secondary N) is 1. The molecule has 1 aromatic rings. The van der Waals surface area contributed by atoms with Crippen LogP contribution in [0.4, 0.5) is 0 Å². The normalized spacial score (nSPS) is 20.4. The number of Topliss-reactive ketones (excluding diaryl/α,β-unsaturated/α-hetero) is 1. The van der Waals surface area contributed by atoms with Gasteiger partial charge in [-0.05, 0) is 62.0 Å². The third kappa shape index (κ3) is 5.39. The van der Waals surface area contributed by atoms with Crippen LogP contribution in [0.3, 0.4) is 0 Å². The number of carbonyl (C=O) groups is 3. The highest BCUT2D eigenvalue weighted by Crippen LogP contribution is 2.24. The number of thiophene rings is 1. The lowest BCUT2D eigenvalue weighted by Crippen LogP contribution is -2.41. The Bertz CT molecular complexity index is 651. The maximum atomic E-state index is 12.6. The van der Waals surface area contributed by atoms with E-state index in [-0.39, 0.29) is 17.6 Å². The molecule has 0 aromatic carbocycles. The van der Waals surface area contributed by atoms with E-state index in [2.05, 4.69) is 5.32 Å². The molecule has 1 aliphatic carbocycles. The predicted molar refractivity (Wildman–Crippen MR) is 97.7 cm³/mol. The van der Waals surface area contributed by atoms with Crippen LogP contribution < -0.4 is 5.32 Å². The minimum absolute atomic E-state index is 0.0474. The maximum absolute atomic E-state index is 12.6. The summed E-state index contributed by atoms with van der Waals surface area (Å²) in [6.45, 7) is 3.10. The van der Waals surface area contributed by atoms with Crippen molar-refractivity contribution >= 4 is 28.9 Å². The van der Waals surface area contributed by atoms with E-state index in [1.165, 1.54) is 11.3 Å². The fraction of sp³-hybridized carbons (Fsp3) is 0.632. The zero-order valence-electron chi connectivity index (χ0n) is 14.8. The van der Waals surface area contributed by atoms with Gasteiger partial charge in [-0.15, -0.1) is 11.3 Å². The van der Waals surface area contributed by atoms with Gasteiger partial charge in [0.05, 0.1) is 11.3 Å². The van der Waals surface area contributed by atoms with Crippen LogP contribution in [0.15, 0.2) is 11.4 Å². The Hall–Kier alpha value is -1.69. The lowest BCUT2D eigenvalue weighted by molar-refractivity contribution is -0.132. The van der Waals surface area contributed by atoms with Gasteiger partial charge in [-0.25, -0.2) is 0 Å². The van der Waals surface area contributed by atoms with Crippen molar-refractivity contribution in [3.8, 4) is 0 Å². The summed E-state index contributed by atoms with van der Waals surface area (Å²) in [6, 6.07) is 2.25. The van der Waals surface area contributed by atoms with E-state index in [4.69, 9.17) is 0 Å². The van der Waals surface area contributed by atoms with Gasteiger partial charge in [-0.2, -0.15) is 0 Å². The molecule has 1 saturated carbocycles. The molecule has 2 heterocycles.